The summed E-state index contributed by atoms with van der Waals surface area (Å²) in [5.74, 6) is 1.49. The lowest BCUT2D eigenvalue weighted by Crippen LogP contribution is -2.23. The van der Waals surface area contributed by atoms with Crippen LogP contribution in [0.1, 0.15) is 37.7 Å². The summed E-state index contributed by atoms with van der Waals surface area (Å²) in [5, 5.41) is 2.74. The Morgan fingerprint density at radius 3 is 2.82 bits per heavy atom. The van der Waals surface area contributed by atoms with Crippen molar-refractivity contribution in [2.24, 2.45) is 17.8 Å². The van der Waals surface area contributed by atoms with E-state index in [2.05, 4.69) is 5.32 Å². The van der Waals surface area contributed by atoms with E-state index >= 15 is 0 Å². The number of benzene rings is 1. The summed E-state index contributed by atoms with van der Waals surface area (Å²) in [6, 6.07) is 7.55. The van der Waals surface area contributed by atoms with E-state index in [1.54, 1.807) is 0 Å². The molecule has 2 fully saturated rings. The Hall–Kier alpha value is -1.84. The molecular weight excluding hydrogens is 278 g/mol. The second-order valence-corrected chi connectivity index (χ2v) is 6.72. The molecule has 0 heterocycles. The Morgan fingerprint density at radius 1 is 1.27 bits per heavy atom. The zero-order chi connectivity index (χ0) is 15.5. The fourth-order valence-electron chi connectivity index (χ4n) is 3.97. The van der Waals surface area contributed by atoms with Crippen LogP contribution in [0, 0.1) is 24.7 Å². The molecule has 0 spiro atoms. The van der Waals surface area contributed by atoms with Gasteiger partial charge in [-0.15, -0.1) is 0 Å². The predicted octanol–water partition coefficient (Wildman–Crippen LogP) is 3.30. The van der Waals surface area contributed by atoms with E-state index in [0.29, 0.717) is 18.3 Å². The van der Waals surface area contributed by atoms with Crippen molar-refractivity contribution >= 4 is 17.6 Å². The molecule has 4 heteroatoms. The third kappa shape index (κ3) is 3.67. The molecule has 0 saturated heterocycles. The molecule has 2 saturated carbocycles. The maximum Gasteiger partial charge on any atom is 0.306 e. The number of hydrogen-bond donors (Lipinski definition) is 1. The molecule has 0 aliphatic heterocycles. The van der Waals surface area contributed by atoms with Gasteiger partial charge in [-0.05, 0) is 61.6 Å². The van der Waals surface area contributed by atoms with Crippen molar-refractivity contribution in [3.05, 3.63) is 29.8 Å². The predicted molar refractivity (Wildman–Crippen MR) is 84.3 cm³/mol. The Morgan fingerprint density at radius 2 is 2.14 bits per heavy atom. The molecule has 22 heavy (non-hydrogen) atoms. The van der Waals surface area contributed by atoms with Gasteiger partial charge in [0.15, 0.2) is 6.61 Å². The summed E-state index contributed by atoms with van der Waals surface area (Å²) >= 11 is 0. The van der Waals surface area contributed by atoms with Gasteiger partial charge >= 0.3 is 5.97 Å². The molecule has 3 rings (SSSR count). The van der Waals surface area contributed by atoms with E-state index in [4.69, 9.17) is 4.74 Å². The molecule has 4 nitrogen and oxygen atoms in total. The zero-order valence-electron chi connectivity index (χ0n) is 13.0. The van der Waals surface area contributed by atoms with Crippen molar-refractivity contribution in [3.8, 4) is 0 Å². The van der Waals surface area contributed by atoms with Gasteiger partial charge in [0.05, 0.1) is 0 Å². The number of rotatable bonds is 5. The number of anilines is 1. The summed E-state index contributed by atoms with van der Waals surface area (Å²) in [7, 11) is 0. The molecule has 0 radical (unpaired) electrons. The molecule has 3 atom stereocenters. The van der Waals surface area contributed by atoms with Gasteiger partial charge in [-0.2, -0.15) is 0 Å². The second-order valence-electron chi connectivity index (χ2n) is 6.72. The molecule has 1 amide bonds. The standard InChI is InChI=1S/C18H23NO3/c1-12-3-2-4-16(7-12)19-17(20)11-22-18(21)10-15-9-13-5-6-14(15)8-13/h2-4,7,13-15H,5-6,8-11H2,1H3,(H,19,20)/t13-,14+,15-/m0/s1. The summed E-state index contributed by atoms with van der Waals surface area (Å²) in [4.78, 5) is 23.7. The number of fused-ring (bicyclic) bond motifs is 2. The highest BCUT2D eigenvalue weighted by Gasteiger charge is 2.40. The molecule has 0 aromatic heterocycles. The average Bonchev–Trinajstić information content (AvgIpc) is 3.08. The van der Waals surface area contributed by atoms with Crippen molar-refractivity contribution in [1.29, 1.82) is 0 Å². The van der Waals surface area contributed by atoms with E-state index in [1.807, 2.05) is 31.2 Å². The van der Waals surface area contributed by atoms with E-state index in [-0.39, 0.29) is 18.5 Å². The van der Waals surface area contributed by atoms with Crippen LogP contribution in [0.3, 0.4) is 0 Å². The molecule has 118 valence electrons. The van der Waals surface area contributed by atoms with Crippen LogP contribution in [-0.2, 0) is 14.3 Å². The lowest BCUT2D eigenvalue weighted by Gasteiger charge is -2.20. The van der Waals surface area contributed by atoms with Crippen LogP contribution in [0.4, 0.5) is 5.69 Å². The minimum Gasteiger partial charge on any atom is -0.456 e. The second kappa shape index (κ2) is 6.51. The monoisotopic (exact) mass is 301 g/mol. The lowest BCUT2D eigenvalue weighted by molar-refractivity contribution is -0.148. The molecule has 0 unspecified atom stereocenters. The number of esters is 1. The number of ether oxygens (including phenoxy) is 1. The molecule has 1 N–H and O–H groups in total. The normalized spacial score (nSPS) is 26.0. The van der Waals surface area contributed by atoms with Gasteiger partial charge in [0.2, 0.25) is 0 Å². The minimum atomic E-state index is -0.285. The molecule has 1 aromatic carbocycles. The van der Waals surface area contributed by atoms with Crippen molar-refractivity contribution < 1.29 is 14.3 Å². The first-order valence-corrected chi connectivity index (χ1v) is 8.12. The smallest absolute Gasteiger partial charge is 0.306 e. The van der Waals surface area contributed by atoms with Crippen LogP contribution < -0.4 is 5.32 Å². The van der Waals surface area contributed by atoms with Crippen molar-refractivity contribution in [1.82, 2.24) is 0 Å². The van der Waals surface area contributed by atoms with Gasteiger partial charge in [0, 0.05) is 12.1 Å². The van der Waals surface area contributed by atoms with Crippen LogP contribution in [0.15, 0.2) is 24.3 Å². The topological polar surface area (TPSA) is 55.4 Å². The van der Waals surface area contributed by atoms with Gasteiger partial charge in [-0.25, -0.2) is 0 Å². The first kappa shape index (κ1) is 15.1. The number of hydrogen-bond acceptors (Lipinski definition) is 3. The molecule has 1 aromatic rings. The van der Waals surface area contributed by atoms with Crippen molar-refractivity contribution in [2.75, 3.05) is 11.9 Å². The van der Waals surface area contributed by atoms with Crippen LogP contribution in [-0.4, -0.2) is 18.5 Å². The lowest BCUT2D eigenvalue weighted by atomic mass is 9.86. The Kier molecular flexibility index (Phi) is 4.46. The zero-order valence-corrected chi connectivity index (χ0v) is 13.0. The van der Waals surface area contributed by atoms with Crippen LogP contribution in [0.2, 0.25) is 0 Å². The summed E-state index contributed by atoms with van der Waals surface area (Å²) in [5.41, 5.74) is 1.81. The quantitative estimate of drug-likeness (QED) is 0.849. The first-order chi connectivity index (χ1) is 10.6. The number of amides is 1. The Balaban J connectivity index is 1.40. The van der Waals surface area contributed by atoms with Gasteiger partial charge in [-0.1, -0.05) is 18.6 Å². The summed E-state index contributed by atoms with van der Waals surface area (Å²) in [6.45, 7) is 1.76. The van der Waals surface area contributed by atoms with E-state index in [9.17, 15) is 9.59 Å². The van der Waals surface area contributed by atoms with E-state index in [1.165, 1.54) is 19.3 Å². The van der Waals surface area contributed by atoms with Crippen molar-refractivity contribution in [2.45, 2.75) is 39.0 Å². The molecule has 2 aliphatic carbocycles. The van der Waals surface area contributed by atoms with E-state index in [0.717, 1.165) is 23.6 Å². The van der Waals surface area contributed by atoms with Gasteiger partial charge < -0.3 is 10.1 Å². The fourth-order valence-corrected chi connectivity index (χ4v) is 3.97. The van der Waals surface area contributed by atoms with Crippen molar-refractivity contribution in [3.63, 3.8) is 0 Å². The summed E-state index contributed by atoms with van der Waals surface area (Å²) in [6.07, 6.45) is 5.51. The highest BCUT2D eigenvalue weighted by Crippen LogP contribution is 2.49. The Labute approximate surface area is 131 Å². The average molecular weight is 301 g/mol. The maximum absolute atomic E-state index is 11.9. The van der Waals surface area contributed by atoms with Crippen LogP contribution in [0.25, 0.3) is 0 Å². The van der Waals surface area contributed by atoms with Gasteiger partial charge in [-0.3, -0.25) is 9.59 Å². The minimum absolute atomic E-state index is 0.201. The first-order valence-electron chi connectivity index (χ1n) is 8.12. The number of carbonyl (C=O) groups excluding carboxylic acids is 2. The highest BCUT2D eigenvalue weighted by atomic mass is 16.5. The SMILES string of the molecule is Cc1cccc(NC(=O)COC(=O)C[C@@H]2C[C@H]3CC[C@@H]2C3)c1. The number of nitrogens with one attached hydrogen (secondary N) is 1. The third-order valence-corrected chi connectivity index (χ3v) is 4.98. The highest BCUT2D eigenvalue weighted by molar-refractivity contribution is 5.92. The van der Waals surface area contributed by atoms with Gasteiger partial charge in [0.25, 0.3) is 5.91 Å². The maximum atomic E-state index is 11.9. The summed E-state index contributed by atoms with van der Waals surface area (Å²) < 4.78 is 5.12. The number of aryl methyl sites for hydroxylation is 1. The third-order valence-electron chi connectivity index (χ3n) is 4.98. The van der Waals surface area contributed by atoms with Gasteiger partial charge in [0.1, 0.15) is 0 Å². The number of carbonyl (C=O) groups is 2. The molecule has 2 bridgehead atoms. The van der Waals surface area contributed by atoms with Crippen LogP contribution in [0.5, 0.6) is 0 Å². The van der Waals surface area contributed by atoms with Crippen LogP contribution >= 0.6 is 0 Å². The van der Waals surface area contributed by atoms with E-state index < -0.39 is 0 Å². The largest absolute Gasteiger partial charge is 0.456 e. The fraction of sp³-hybridized carbons (Fsp3) is 0.556. The Bertz CT molecular complexity index is 569. The molecular formula is C18H23NO3. The molecule has 2 aliphatic rings.